The van der Waals surface area contributed by atoms with Crippen molar-refractivity contribution >= 4 is 0 Å². The molecule has 0 aromatic heterocycles. The van der Waals surface area contributed by atoms with E-state index in [0.29, 0.717) is 6.54 Å². The first-order valence-corrected chi connectivity index (χ1v) is 8.49. The number of rotatable bonds is 7. The van der Waals surface area contributed by atoms with Gasteiger partial charge in [0, 0.05) is 12.6 Å². The van der Waals surface area contributed by atoms with Gasteiger partial charge in [-0.05, 0) is 35.2 Å². The third-order valence-electron chi connectivity index (χ3n) is 4.30. The third-order valence-corrected chi connectivity index (χ3v) is 4.30. The molecule has 0 aliphatic heterocycles. The fraction of sp³-hybridized carbons (Fsp3) is 0.182. The van der Waals surface area contributed by atoms with Crippen molar-refractivity contribution in [2.24, 2.45) is 5.73 Å². The smallest absolute Gasteiger partial charge is 0.0444 e. The molecule has 3 N–H and O–H groups in total. The van der Waals surface area contributed by atoms with E-state index in [1.807, 2.05) is 12.1 Å². The minimum atomic E-state index is 0.193. The molecule has 3 aromatic carbocycles. The molecule has 0 heterocycles. The van der Waals surface area contributed by atoms with Crippen LogP contribution in [0, 0.1) is 0 Å². The number of nitrogens with one attached hydrogen (secondary N) is 1. The van der Waals surface area contributed by atoms with E-state index in [4.69, 9.17) is 5.73 Å². The predicted octanol–water partition coefficient (Wildman–Crippen LogP) is 4.19. The molecule has 122 valence electrons. The van der Waals surface area contributed by atoms with Gasteiger partial charge in [0.25, 0.3) is 0 Å². The molecule has 24 heavy (non-hydrogen) atoms. The second-order valence-corrected chi connectivity index (χ2v) is 5.97. The fourth-order valence-electron chi connectivity index (χ4n) is 2.91. The number of hydrogen-bond donors (Lipinski definition) is 2. The van der Waals surface area contributed by atoms with Crippen molar-refractivity contribution in [1.29, 1.82) is 0 Å². The maximum absolute atomic E-state index is 5.97. The van der Waals surface area contributed by atoms with Gasteiger partial charge in [0.2, 0.25) is 0 Å². The van der Waals surface area contributed by atoms with Crippen LogP contribution in [0.1, 0.15) is 17.2 Å². The molecular formula is C22H24N2. The first kappa shape index (κ1) is 16.4. The minimum Gasteiger partial charge on any atom is -0.329 e. The van der Waals surface area contributed by atoms with Crippen molar-refractivity contribution in [2.75, 3.05) is 13.1 Å². The van der Waals surface area contributed by atoms with Crippen LogP contribution >= 0.6 is 0 Å². The lowest BCUT2D eigenvalue weighted by Crippen LogP contribution is -2.29. The van der Waals surface area contributed by atoms with Gasteiger partial charge in [0.15, 0.2) is 0 Å². The highest BCUT2D eigenvalue weighted by Crippen LogP contribution is 2.21. The molecule has 2 heteroatoms. The highest BCUT2D eigenvalue weighted by Gasteiger charge is 2.09. The van der Waals surface area contributed by atoms with Crippen LogP contribution in [0.25, 0.3) is 11.1 Å². The summed E-state index contributed by atoms with van der Waals surface area (Å²) in [5.41, 5.74) is 11.0. The van der Waals surface area contributed by atoms with Gasteiger partial charge in [0.1, 0.15) is 0 Å². The monoisotopic (exact) mass is 316 g/mol. The SMILES string of the molecule is NCC(NCCc1ccccc1)c1ccc(-c2ccccc2)cc1. The molecule has 0 fully saturated rings. The molecule has 0 aliphatic carbocycles. The minimum absolute atomic E-state index is 0.193. The Balaban J connectivity index is 1.61. The Morgan fingerprint density at radius 2 is 1.29 bits per heavy atom. The molecule has 1 unspecified atom stereocenters. The quantitative estimate of drug-likeness (QED) is 0.686. The zero-order valence-corrected chi connectivity index (χ0v) is 13.9. The van der Waals surface area contributed by atoms with Crippen LogP contribution in [0.3, 0.4) is 0 Å². The van der Waals surface area contributed by atoms with E-state index in [9.17, 15) is 0 Å². The number of nitrogens with two attached hydrogens (primary N) is 1. The first-order chi connectivity index (χ1) is 11.9. The van der Waals surface area contributed by atoms with Crippen LogP contribution in [-0.4, -0.2) is 13.1 Å². The van der Waals surface area contributed by atoms with Gasteiger partial charge in [-0.3, -0.25) is 0 Å². The second kappa shape index (κ2) is 8.44. The summed E-state index contributed by atoms with van der Waals surface area (Å²) in [4.78, 5) is 0. The normalized spacial score (nSPS) is 12.0. The topological polar surface area (TPSA) is 38.0 Å². The lowest BCUT2D eigenvalue weighted by Gasteiger charge is -2.18. The maximum Gasteiger partial charge on any atom is 0.0444 e. The van der Waals surface area contributed by atoms with Crippen molar-refractivity contribution in [3.05, 3.63) is 96.1 Å². The van der Waals surface area contributed by atoms with Crippen molar-refractivity contribution < 1.29 is 0 Å². The predicted molar refractivity (Wildman–Crippen MR) is 102 cm³/mol. The van der Waals surface area contributed by atoms with Crippen LogP contribution < -0.4 is 11.1 Å². The molecule has 0 radical (unpaired) electrons. The van der Waals surface area contributed by atoms with Crippen LogP contribution in [0.5, 0.6) is 0 Å². The maximum atomic E-state index is 5.97. The largest absolute Gasteiger partial charge is 0.329 e. The van der Waals surface area contributed by atoms with E-state index in [-0.39, 0.29) is 6.04 Å². The molecule has 2 nitrogen and oxygen atoms in total. The van der Waals surface area contributed by atoms with Gasteiger partial charge in [0.05, 0.1) is 0 Å². The summed E-state index contributed by atoms with van der Waals surface area (Å²) >= 11 is 0. The Hall–Kier alpha value is -2.42. The third kappa shape index (κ3) is 4.31. The lowest BCUT2D eigenvalue weighted by molar-refractivity contribution is 0.545. The molecule has 0 saturated heterocycles. The Bertz CT molecular complexity index is 721. The van der Waals surface area contributed by atoms with Gasteiger partial charge >= 0.3 is 0 Å². The summed E-state index contributed by atoms with van der Waals surface area (Å²) in [6.45, 7) is 1.52. The van der Waals surface area contributed by atoms with Crippen LogP contribution in [0.4, 0.5) is 0 Å². The Kier molecular flexibility index (Phi) is 5.78. The fourth-order valence-corrected chi connectivity index (χ4v) is 2.91. The molecule has 0 bridgehead atoms. The zero-order chi connectivity index (χ0) is 16.6. The molecular weight excluding hydrogens is 292 g/mol. The van der Waals surface area contributed by atoms with Crippen LogP contribution in [0.15, 0.2) is 84.9 Å². The average molecular weight is 316 g/mol. The highest BCUT2D eigenvalue weighted by molar-refractivity contribution is 5.63. The van der Waals surface area contributed by atoms with E-state index >= 15 is 0 Å². The van der Waals surface area contributed by atoms with Gasteiger partial charge < -0.3 is 11.1 Å². The molecule has 3 aromatic rings. The summed E-state index contributed by atoms with van der Waals surface area (Å²) < 4.78 is 0. The first-order valence-electron chi connectivity index (χ1n) is 8.49. The van der Waals surface area contributed by atoms with E-state index in [1.165, 1.54) is 22.3 Å². The summed E-state index contributed by atoms with van der Waals surface area (Å²) in [5, 5.41) is 3.57. The van der Waals surface area contributed by atoms with Crippen molar-refractivity contribution in [3.63, 3.8) is 0 Å². The van der Waals surface area contributed by atoms with E-state index in [1.54, 1.807) is 0 Å². The number of hydrogen-bond acceptors (Lipinski definition) is 2. The van der Waals surface area contributed by atoms with Gasteiger partial charge in [-0.25, -0.2) is 0 Å². The van der Waals surface area contributed by atoms with Crippen molar-refractivity contribution in [1.82, 2.24) is 5.32 Å². The molecule has 3 rings (SSSR count). The van der Waals surface area contributed by atoms with Gasteiger partial charge in [-0.1, -0.05) is 84.9 Å². The van der Waals surface area contributed by atoms with Crippen LogP contribution in [-0.2, 0) is 6.42 Å². The molecule has 0 amide bonds. The Morgan fingerprint density at radius 3 is 1.92 bits per heavy atom. The summed E-state index contributed by atoms with van der Waals surface area (Å²) in [5.74, 6) is 0. The molecule has 0 aliphatic rings. The summed E-state index contributed by atoms with van der Waals surface area (Å²) in [6, 6.07) is 29.9. The van der Waals surface area contributed by atoms with E-state index in [2.05, 4.69) is 78.1 Å². The highest BCUT2D eigenvalue weighted by atomic mass is 14.9. The van der Waals surface area contributed by atoms with Crippen molar-refractivity contribution in [2.45, 2.75) is 12.5 Å². The average Bonchev–Trinajstić information content (AvgIpc) is 2.67. The van der Waals surface area contributed by atoms with Crippen LogP contribution in [0.2, 0.25) is 0 Å². The molecule has 0 spiro atoms. The summed E-state index contributed by atoms with van der Waals surface area (Å²) in [7, 11) is 0. The summed E-state index contributed by atoms with van der Waals surface area (Å²) in [6.07, 6.45) is 1.01. The Labute approximate surface area is 144 Å². The Morgan fingerprint density at radius 1 is 0.708 bits per heavy atom. The zero-order valence-electron chi connectivity index (χ0n) is 13.9. The standard InChI is InChI=1S/C22H24N2/c23-17-22(24-16-15-18-7-3-1-4-8-18)21-13-11-20(12-14-21)19-9-5-2-6-10-19/h1-14,22,24H,15-17,23H2. The van der Waals surface area contributed by atoms with E-state index < -0.39 is 0 Å². The number of benzene rings is 3. The van der Waals surface area contributed by atoms with E-state index in [0.717, 1.165) is 13.0 Å². The molecule has 0 saturated carbocycles. The van der Waals surface area contributed by atoms with Gasteiger partial charge in [-0.2, -0.15) is 0 Å². The molecule has 1 atom stereocenters. The van der Waals surface area contributed by atoms with Crippen molar-refractivity contribution in [3.8, 4) is 11.1 Å². The van der Waals surface area contributed by atoms with Gasteiger partial charge in [-0.15, -0.1) is 0 Å². The second-order valence-electron chi connectivity index (χ2n) is 5.97. The lowest BCUT2D eigenvalue weighted by atomic mass is 10.0.